The lowest BCUT2D eigenvalue weighted by Gasteiger charge is -1.98. The van der Waals surface area contributed by atoms with Crippen LogP contribution in [0.3, 0.4) is 0 Å². The molecule has 0 bridgehead atoms. The first-order chi connectivity index (χ1) is 10.3. The molecule has 0 amide bonds. The zero-order valence-corrected chi connectivity index (χ0v) is 13.7. The third-order valence-corrected chi connectivity index (χ3v) is 2.16. The average Bonchev–Trinajstić information content (AvgIpc) is 2.58. The highest BCUT2D eigenvalue weighted by Gasteiger charge is 2.07. The first-order valence-corrected chi connectivity index (χ1v) is 5.64. The van der Waals surface area contributed by atoms with Crippen molar-refractivity contribution in [2.75, 3.05) is 0 Å². The molecule has 0 saturated heterocycles. The van der Waals surface area contributed by atoms with Crippen molar-refractivity contribution in [3.8, 4) is 0 Å². The summed E-state index contributed by atoms with van der Waals surface area (Å²) in [5, 5.41) is 16.9. The van der Waals surface area contributed by atoms with Gasteiger partial charge in [-0.2, -0.15) is 5.11 Å². The monoisotopic (exact) mass is 365 g/mol. The minimum absolute atomic E-state index is 0. The number of rotatable bonds is 3. The molecule has 26 heavy (non-hydrogen) atoms. The van der Waals surface area contributed by atoms with Crippen LogP contribution in [0.1, 0.15) is 17.8 Å². The molecular formula is C16H26BN4O5. The van der Waals surface area contributed by atoms with Crippen LogP contribution in [0.2, 0.25) is 0 Å². The van der Waals surface area contributed by atoms with Crippen molar-refractivity contribution in [2.45, 2.75) is 7.43 Å². The van der Waals surface area contributed by atoms with Crippen LogP contribution in [0.25, 0.3) is 0 Å². The summed E-state index contributed by atoms with van der Waals surface area (Å²) in [6.07, 6.45) is 0. The van der Waals surface area contributed by atoms with Crippen molar-refractivity contribution >= 4 is 39.3 Å². The lowest BCUT2D eigenvalue weighted by molar-refractivity contribution is -0.0987. The maximum Gasteiger partial charge on any atom is 0.337 e. The summed E-state index contributed by atoms with van der Waals surface area (Å²) >= 11 is 0. The quantitative estimate of drug-likeness (QED) is 0.551. The van der Waals surface area contributed by atoms with Gasteiger partial charge in [-0.1, -0.05) is 37.8 Å². The fourth-order valence-electron chi connectivity index (χ4n) is 1.35. The molecule has 0 fully saturated rings. The maximum atomic E-state index is 10.9. The van der Waals surface area contributed by atoms with E-state index < -0.39 is 5.97 Å². The maximum absolute atomic E-state index is 10.9. The minimum atomic E-state index is -1.01. The Kier molecular flexibility index (Phi) is 35.5. The van der Waals surface area contributed by atoms with Gasteiger partial charge in [0, 0.05) is 8.41 Å². The molecule has 2 aromatic rings. The van der Waals surface area contributed by atoms with Crippen LogP contribution in [-0.2, 0) is 9.59 Å². The molecule has 0 heterocycles. The van der Waals surface area contributed by atoms with Gasteiger partial charge in [0.1, 0.15) is 19.3 Å². The van der Waals surface area contributed by atoms with Gasteiger partial charge in [-0.15, -0.1) is 5.11 Å². The largest absolute Gasteiger partial charge is 0.478 e. The number of aromatic carboxylic acids is 1. The smallest absolute Gasteiger partial charge is 0.337 e. The molecular weight excluding hydrogens is 339 g/mol. The second-order valence-electron chi connectivity index (χ2n) is 3.36. The van der Waals surface area contributed by atoms with Gasteiger partial charge in [0.15, 0.2) is 0 Å². The predicted molar refractivity (Wildman–Crippen MR) is 104 cm³/mol. The van der Waals surface area contributed by atoms with Gasteiger partial charge in [0.2, 0.25) is 0 Å². The Balaban J connectivity index is -0.000000104. The Morgan fingerprint density at radius 1 is 0.808 bits per heavy atom. The first-order valence-electron chi connectivity index (χ1n) is 5.64. The van der Waals surface area contributed by atoms with E-state index in [9.17, 15) is 4.79 Å². The summed E-state index contributed by atoms with van der Waals surface area (Å²) in [6, 6.07) is 15.7. The van der Waals surface area contributed by atoms with Crippen LogP contribution >= 0.6 is 0 Å². The van der Waals surface area contributed by atoms with Gasteiger partial charge in [-0.3, -0.25) is 0 Å². The molecule has 3 radical (unpaired) electrons. The fourth-order valence-corrected chi connectivity index (χ4v) is 1.35. The second-order valence-corrected chi connectivity index (χ2v) is 3.36. The van der Waals surface area contributed by atoms with Crippen molar-refractivity contribution < 1.29 is 25.0 Å². The molecule has 2 aromatic carbocycles. The fraction of sp³-hybridized carbons (Fsp3) is 0.0625. The SMILES string of the molecule is C.C=O.C=O.N.N.O.O=C(O)c1ccccc1N=Nc1ccccc1.[B]. The van der Waals surface area contributed by atoms with E-state index in [1.165, 1.54) is 6.07 Å². The van der Waals surface area contributed by atoms with Crippen LogP contribution < -0.4 is 12.3 Å². The number of nitrogens with zero attached hydrogens (tertiary/aromatic N) is 2. The second kappa shape index (κ2) is 24.1. The highest BCUT2D eigenvalue weighted by molar-refractivity contribution is 5.93. The third kappa shape index (κ3) is 13.3. The molecule has 9 N–H and O–H groups in total. The molecule has 0 spiro atoms. The molecule has 9 nitrogen and oxygen atoms in total. The molecule has 0 aliphatic carbocycles. The third-order valence-electron chi connectivity index (χ3n) is 2.16. The zero-order valence-electron chi connectivity index (χ0n) is 13.7. The summed E-state index contributed by atoms with van der Waals surface area (Å²) in [5.41, 5.74) is 1.18. The first kappa shape index (κ1) is 38.4. The van der Waals surface area contributed by atoms with Crippen molar-refractivity contribution in [1.82, 2.24) is 12.3 Å². The summed E-state index contributed by atoms with van der Waals surface area (Å²) in [6.45, 7) is 4.00. The highest BCUT2D eigenvalue weighted by Crippen LogP contribution is 2.21. The predicted octanol–water partition coefficient (Wildman–Crippen LogP) is 3.19. The lowest BCUT2D eigenvalue weighted by Crippen LogP contribution is -1.95. The Labute approximate surface area is 155 Å². The zero-order chi connectivity index (χ0) is 16.1. The van der Waals surface area contributed by atoms with E-state index in [2.05, 4.69) is 10.2 Å². The van der Waals surface area contributed by atoms with Crippen LogP contribution in [0.5, 0.6) is 0 Å². The minimum Gasteiger partial charge on any atom is -0.478 e. The van der Waals surface area contributed by atoms with Crippen molar-refractivity contribution in [2.24, 2.45) is 10.2 Å². The molecule has 0 aliphatic heterocycles. The summed E-state index contributed by atoms with van der Waals surface area (Å²) < 4.78 is 0. The van der Waals surface area contributed by atoms with Crippen molar-refractivity contribution in [1.29, 1.82) is 0 Å². The average molecular weight is 365 g/mol. The number of benzene rings is 2. The van der Waals surface area contributed by atoms with Gasteiger partial charge in [-0.25, -0.2) is 4.79 Å². The topological polar surface area (TPSA) is 198 Å². The van der Waals surface area contributed by atoms with Gasteiger partial charge in [0.05, 0.1) is 11.3 Å². The number of azo groups is 1. The van der Waals surface area contributed by atoms with E-state index in [1.54, 1.807) is 30.3 Å². The molecule has 0 aromatic heterocycles. The van der Waals surface area contributed by atoms with E-state index in [-0.39, 0.29) is 39.2 Å². The Bertz CT molecular complexity index is 598. The summed E-state index contributed by atoms with van der Waals surface area (Å²) in [7, 11) is 0. The number of carboxylic acids is 1. The number of hydrogen-bond acceptors (Lipinski definition) is 7. The Morgan fingerprint density at radius 3 is 1.69 bits per heavy atom. The Hall–Kier alpha value is -3.21. The summed E-state index contributed by atoms with van der Waals surface area (Å²) in [4.78, 5) is 26.9. The normalized spacial score (nSPS) is 7.23. The van der Waals surface area contributed by atoms with Crippen LogP contribution in [0.15, 0.2) is 64.8 Å². The van der Waals surface area contributed by atoms with Crippen LogP contribution in [-0.4, -0.2) is 38.5 Å². The van der Waals surface area contributed by atoms with E-state index in [0.29, 0.717) is 11.4 Å². The number of carbonyl (C=O) groups excluding carboxylic acids is 2. The molecule has 0 saturated carbocycles. The van der Waals surface area contributed by atoms with Gasteiger partial charge in [0.25, 0.3) is 0 Å². The lowest BCUT2D eigenvalue weighted by atomic mass is 10.2. The highest BCUT2D eigenvalue weighted by atomic mass is 16.4. The molecule has 0 unspecified atom stereocenters. The van der Waals surface area contributed by atoms with E-state index in [4.69, 9.17) is 14.7 Å². The molecule has 0 atom stereocenters. The molecule has 143 valence electrons. The van der Waals surface area contributed by atoms with Crippen molar-refractivity contribution in [3.05, 3.63) is 60.2 Å². The molecule has 2 rings (SSSR count). The van der Waals surface area contributed by atoms with E-state index >= 15 is 0 Å². The Morgan fingerprint density at radius 2 is 1.23 bits per heavy atom. The van der Waals surface area contributed by atoms with Gasteiger partial charge >= 0.3 is 5.97 Å². The van der Waals surface area contributed by atoms with Gasteiger partial charge < -0.3 is 32.5 Å². The van der Waals surface area contributed by atoms with Crippen molar-refractivity contribution in [3.63, 3.8) is 0 Å². The van der Waals surface area contributed by atoms with Crippen LogP contribution in [0, 0.1) is 0 Å². The molecule has 0 aliphatic rings. The standard InChI is InChI=1S/C13H10N2O2.2CH2O.CH4.B.2H3N.H2O/c16-13(17)11-8-4-5-9-12(11)15-14-10-6-2-1-3-7-10;2*1-2;;;;;/h1-9H,(H,16,17);2*1H2;1H4;;2*1H3;1H2. The number of hydrogen-bond donors (Lipinski definition) is 3. The van der Waals surface area contributed by atoms with Crippen LogP contribution in [0.4, 0.5) is 11.4 Å². The van der Waals surface area contributed by atoms with E-state index in [1.807, 2.05) is 31.8 Å². The number of carbonyl (C=O) groups is 3. The van der Waals surface area contributed by atoms with Gasteiger partial charge in [-0.05, 0) is 24.3 Å². The number of carboxylic acid groups (broad SMARTS) is 1. The summed E-state index contributed by atoms with van der Waals surface area (Å²) in [5.74, 6) is -1.01. The van der Waals surface area contributed by atoms with E-state index in [0.717, 1.165) is 0 Å². The molecule has 10 heteroatoms.